The maximum Gasteiger partial charge on any atom is 0.416 e. The Morgan fingerprint density at radius 3 is 2.38 bits per heavy atom. The van der Waals surface area contributed by atoms with E-state index >= 15 is 0 Å². The van der Waals surface area contributed by atoms with Crippen LogP contribution in [0.1, 0.15) is 54.0 Å². The molecule has 0 saturated carbocycles. The van der Waals surface area contributed by atoms with Crippen LogP contribution in [-0.2, 0) is 23.9 Å². The smallest absolute Gasteiger partial charge is 0.416 e. The average Bonchev–Trinajstić information content (AvgIpc) is 3.16. The number of alkyl halides is 3. The Balaban J connectivity index is 1.54. The normalized spacial score (nSPS) is 18.9. The first-order chi connectivity index (χ1) is 15.3. The van der Waals surface area contributed by atoms with Crippen LogP contribution in [0.5, 0.6) is 11.5 Å². The number of ether oxygens (including phenoxy) is 2. The highest BCUT2D eigenvalue weighted by Crippen LogP contribution is 2.42. The minimum atomic E-state index is -4.38. The number of piperidine rings is 1. The summed E-state index contributed by atoms with van der Waals surface area (Å²) in [7, 11) is 0. The second-order valence-corrected chi connectivity index (χ2v) is 8.29. The molecule has 32 heavy (non-hydrogen) atoms. The van der Waals surface area contributed by atoms with E-state index in [1.807, 2.05) is 0 Å². The van der Waals surface area contributed by atoms with Gasteiger partial charge >= 0.3 is 12.1 Å². The second kappa shape index (κ2) is 9.40. The van der Waals surface area contributed by atoms with E-state index in [4.69, 9.17) is 14.6 Å². The Hall–Kier alpha value is -2.74. The van der Waals surface area contributed by atoms with Crippen molar-refractivity contribution in [1.82, 2.24) is 4.90 Å². The van der Waals surface area contributed by atoms with E-state index in [1.54, 1.807) is 30.3 Å². The fourth-order valence-electron chi connectivity index (χ4n) is 4.57. The maximum absolute atomic E-state index is 13.8. The lowest BCUT2D eigenvalue weighted by molar-refractivity contribution is -0.139. The number of nitrogens with zero attached hydrogens (tertiary/aromatic N) is 1. The summed E-state index contributed by atoms with van der Waals surface area (Å²) in [5, 5.41) is 8.68. The number of aliphatic carboxylic acids is 1. The molecule has 1 aliphatic heterocycles. The molecule has 5 nitrogen and oxygen atoms in total. The number of hydrogen-bond acceptors (Lipinski definition) is 4. The molecule has 4 rings (SSSR count). The predicted molar refractivity (Wildman–Crippen MR) is 112 cm³/mol. The van der Waals surface area contributed by atoms with Gasteiger partial charge in [0.2, 0.25) is 0 Å². The number of fused-ring (bicyclic) bond motifs is 1. The minimum absolute atomic E-state index is 0.320. The van der Waals surface area contributed by atoms with Gasteiger partial charge in [0, 0.05) is 6.54 Å². The van der Waals surface area contributed by atoms with Crippen LogP contribution >= 0.6 is 0 Å². The quantitative estimate of drug-likeness (QED) is 0.628. The Morgan fingerprint density at radius 2 is 1.72 bits per heavy atom. The molecular weight excluding hydrogens is 423 g/mol. The van der Waals surface area contributed by atoms with Crippen molar-refractivity contribution in [3.05, 3.63) is 58.7 Å². The molecule has 1 N–H and O–H groups in total. The molecule has 172 valence electrons. The SMILES string of the molecule is O=C(O)COc1ccc(O[C@@H]2CCc3c2ccc(C(F)(F)F)c3CN2CCCCC2)cc1. The fraction of sp³-hybridized carbons (Fsp3) is 0.458. The molecule has 1 saturated heterocycles. The molecule has 0 spiro atoms. The van der Waals surface area contributed by atoms with Crippen LogP contribution in [0, 0.1) is 0 Å². The first-order valence-electron chi connectivity index (χ1n) is 10.9. The van der Waals surface area contributed by atoms with E-state index in [9.17, 15) is 18.0 Å². The van der Waals surface area contributed by atoms with E-state index in [-0.39, 0.29) is 6.10 Å². The zero-order valence-electron chi connectivity index (χ0n) is 17.7. The van der Waals surface area contributed by atoms with Crippen molar-refractivity contribution in [2.24, 2.45) is 0 Å². The van der Waals surface area contributed by atoms with Gasteiger partial charge < -0.3 is 14.6 Å². The van der Waals surface area contributed by atoms with Crippen molar-refractivity contribution in [3.63, 3.8) is 0 Å². The van der Waals surface area contributed by atoms with E-state index in [0.717, 1.165) is 43.5 Å². The van der Waals surface area contributed by atoms with Crippen LogP contribution in [0.4, 0.5) is 13.2 Å². The van der Waals surface area contributed by atoms with Crippen LogP contribution in [0.25, 0.3) is 0 Å². The summed E-state index contributed by atoms with van der Waals surface area (Å²) in [4.78, 5) is 12.7. The fourth-order valence-corrected chi connectivity index (χ4v) is 4.57. The lowest BCUT2D eigenvalue weighted by atomic mass is 9.95. The highest BCUT2D eigenvalue weighted by molar-refractivity contribution is 5.68. The van der Waals surface area contributed by atoms with Crippen LogP contribution in [0.15, 0.2) is 36.4 Å². The van der Waals surface area contributed by atoms with E-state index < -0.39 is 24.3 Å². The number of rotatable bonds is 7. The number of carboxylic acid groups (broad SMARTS) is 1. The van der Waals surface area contributed by atoms with Gasteiger partial charge in [-0.2, -0.15) is 13.2 Å². The van der Waals surface area contributed by atoms with Crippen molar-refractivity contribution >= 4 is 5.97 Å². The minimum Gasteiger partial charge on any atom is -0.486 e. The predicted octanol–water partition coefficient (Wildman–Crippen LogP) is 5.22. The van der Waals surface area contributed by atoms with Crippen molar-refractivity contribution in [3.8, 4) is 11.5 Å². The van der Waals surface area contributed by atoms with Crippen molar-refractivity contribution in [2.45, 2.75) is 50.9 Å². The molecule has 2 aliphatic rings. The molecule has 1 aliphatic carbocycles. The number of carbonyl (C=O) groups is 1. The molecule has 1 fully saturated rings. The van der Waals surface area contributed by atoms with Gasteiger partial charge in [-0.3, -0.25) is 4.90 Å². The first-order valence-corrected chi connectivity index (χ1v) is 10.9. The zero-order chi connectivity index (χ0) is 22.7. The number of halogens is 3. The highest BCUT2D eigenvalue weighted by Gasteiger charge is 2.38. The van der Waals surface area contributed by atoms with Gasteiger partial charge in [0.15, 0.2) is 6.61 Å². The molecule has 0 radical (unpaired) electrons. The summed E-state index contributed by atoms with van der Waals surface area (Å²) in [6.07, 6.45) is -0.370. The van der Waals surface area contributed by atoms with E-state index in [0.29, 0.717) is 36.4 Å². The number of carboxylic acids is 1. The summed E-state index contributed by atoms with van der Waals surface area (Å²) < 4.78 is 52.5. The molecule has 0 bridgehead atoms. The number of benzene rings is 2. The van der Waals surface area contributed by atoms with Gasteiger partial charge in [-0.1, -0.05) is 12.5 Å². The summed E-state index contributed by atoms with van der Waals surface area (Å²) >= 11 is 0. The van der Waals surface area contributed by atoms with E-state index in [1.165, 1.54) is 6.07 Å². The molecular formula is C24H26F3NO4. The largest absolute Gasteiger partial charge is 0.486 e. The lowest BCUT2D eigenvalue weighted by Crippen LogP contribution is -2.30. The summed E-state index contributed by atoms with van der Waals surface area (Å²) in [5.74, 6) is -0.0975. The molecule has 1 heterocycles. The third kappa shape index (κ3) is 5.18. The monoisotopic (exact) mass is 449 g/mol. The number of hydrogen-bond donors (Lipinski definition) is 1. The Morgan fingerprint density at radius 1 is 1.03 bits per heavy atom. The van der Waals surface area contributed by atoms with Gasteiger partial charge in [0.25, 0.3) is 0 Å². The molecule has 2 aromatic rings. The number of likely N-dealkylation sites (tertiary alicyclic amines) is 1. The van der Waals surface area contributed by atoms with Crippen LogP contribution in [0.3, 0.4) is 0 Å². The van der Waals surface area contributed by atoms with Gasteiger partial charge in [-0.05, 0) is 85.8 Å². The summed E-state index contributed by atoms with van der Waals surface area (Å²) in [6.45, 7) is 1.55. The van der Waals surface area contributed by atoms with Gasteiger partial charge in [-0.25, -0.2) is 4.79 Å². The van der Waals surface area contributed by atoms with Crippen LogP contribution < -0.4 is 9.47 Å². The average molecular weight is 449 g/mol. The molecule has 1 atom stereocenters. The molecule has 8 heteroatoms. The first kappa shape index (κ1) is 22.5. The summed E-state index contributed by atoms with van der Waals surface area (Å²) in [5.41, 5.74) is 1.43. The zero-order valence-corrected chi connectivity index (χ0v) is 17.7. The molecule has 0 amide bonds. The van der Waals surface area contributed by atoms with Gasteiger partial charge in [0.05, 0.1) is 5.56 Å². The lowest BCUT2D eigenvalue weighted by Gasteiger charge is -2.29. The maximum atomic E-state index is 13.8. The van der Waals surface area contributed by atoms with Crippen LogP contribution in [-0.4, -0.2) is 35.7 Å². The van der Waals surface area contributed by atoms with E-state index in [2.05, 4.69) is 4.90 Å². The van der Waals surface area contributed by atoms with Gasteiger partial charge in [0.1, 0.15) is 17.6 Å². The Bertz CT molecular complexity index is 953. The van der Waals surface area contributed by atoms with Crippen molar-refractivity contribution < 1.29 is 32.5 Å². The molecule has 0 unspecified atom stereocenters. The van der Waals surface area contributed by atoms with Crippen molar-refractivity contribution in [1.29, 1.82) is 0 Å². The Labute approximate surface area is 184 Å². The van der Waals surface area contributed by atoms with Crippen LogP contribution in [0.2, 0.25) is 0 Å². The second-order valence-electron chi connectivity index (χ2n) is 8.29. The third-order valence-electron chi connectivity index (χ3n) is 6.07. The highest BCUT2D eigenvalue weighted by atomic mass is 19.4. The third-order valence-corrected chi connectivity index (χ3v) is 6.07. The standard InChI is InChI=1S/C24H26F3NO4/c25-24(26,27)21-10-8-19-18(20(21)14-28-12-2-1-3-13-28)9-11-22(19)32-17-6-4-16(5-7-17)31-15-23(29)30/h4-8,10,22H,1-3,9,11-15H2,(H,29,30)/t22-/m1/s1. The molecule has 2 aromatic carbocycles. The van der Waals surface area contributed by atoms with Crippen molar-refractivity contribution in [2.75, 3.05) is 19.7 Å². The summed E-state index contributed by atoms with van der Waals surface area (Å²) in [6, 6.07) is 9.33. The topological polar surface area (TPSA) is 59.0 Å². The molecule has 0 aromatic heterocycles. The van der Waals surface area contributed by atoms with Gasteiger partial charge in [-0.15, -0.1) is 0 Å². The Kier molecular flexibility index (Phi) is 6.60.